The fourth-order valence-corrected chi connectivity index (χ4v) is 2.40. The van der Waals surface area contributed by atoms with Crippen LogP contribution in [0.1, 0.15) is 39.5 Å². The van der Waals surface area contributed by atoms with Crippen LogP contribution in [-0.4, -0.2) is 75.0 Å². The standard InChI is InChI=1S/C16H34N4O2/c1-7-9-13(19(3)4)15(21)17-11-12-18-16(22)14(10-8-2)20(5)6/h13-14H,7-12H2,1-6H3,(H,17,21)(H,18,22)/t13-,14-/m1/s1. The molecule has 130 valence electrons. The molecular weight excluding hydrogens is 280 g/mol. The topological polar surface area (TPSA) is 64.7 Å². The van der Waals surface area contributed by atoms with Crippen molar-refractivity contribution in [3.8, 4) is 0 Å². The molecule has 2 amide bonds. The number of nitrogens with one attached hydrogen (secondary N) is 2. The van der Waals surface area contributed by atoms with Crippen molar-refractivity contribution in [1.82, 2.24) is 20.4 Å². The van der Waals surface area contributed by atoms with Gasteiger partial charge in [-0.25, -0.2) is 0 Å². The molecule has 0 bridgehead atoms. The number of likely N-dealkylation sites (N-methyl/N-ethyl adjacent to an activating group) is 2. The highest BCUT2D eigenvalue weighted by Gasteiger charge is 2.20. The van der Waals surface area contributed by atoms with Gasteiger partial charge in [-0.15, -0.1) is 0 Å². The van der Waals surface area contributed by atoms with Crippen molar-refractivity contribution < 1.29 is 9.59 Å². The van der Waals surface area contributed by atoms with Crippen LogP contribution in [0.25, 0.3) is 0 Å². The molecule has 6 nitrogen and oxygen atoms in total. The number of hydrogen-bond acceptors (Lipinski definition) is 4. The highest BCUT2D eigenvalue weighted by atomic mass is 16.2. The van der Waals surface area contributed by atoms with Gasteiger partial charge in [0.15, 0.2) is 0 Å². The lowest BCUT2D eigenvalue weighted by molar-refractivity contribution is -0.127. The van der Waals surface area contributed by atoms with Gasteiger partial charge in [-0.05, 0) is 41.0 Å². The maximum absolute atomic E-state index is 12.1. The molecule has 22 heavy (non-hydrogen) atoms. The van der Waals surface area contributed by atoms with E-state index in [9.17, 15) is 9.59 Å². The summed E-state index contributed by atoms with van der Waals surface area (Å²) in [6.45, 7) is 5.06. The number of hydrogen-bond donors (Lipinski definition) is 2. The Balaban J connectivity index is 4.14. The van der Waals surface area contributed by atoms with Crippen molar-refractivity contribution in [1.29, 1.82) is 0 Å². The molecule has 0 heterocycles. The van der Waals surface area contributed by atoms with Crippen LogP contribution in [0.2, 0.25) is 0 Å². The van der Waals surface area contributed by atoms with Crippen LogP contribution in [0.15, 0.2) is 0 Å². The summed E-state index contributed by atoms with van der Waals surface area (Å²) in [6.07, 6.45) is 3.61. The summed E-state index contributed by atoms with van der Waals surface area (Å²) in [7, 11) is 7.64. The summed E-state index contributed by atoms with van der Waals surface area (Å²) in [5, 5.41) is 5.79. The molecule has 0 fully saturated rings. The predicted octanol–water partition coefficient (Wildman–Crippen LogP) is 0.679. The number of carbonyl (C=O) groups is 2. The molecule has 0 aromatic carbocycles. The lowest BCUT2D eigenvalue weighted by atomic mass is 10.1. The molecule has 0 aromatic heterocycles. The summed E-state index contributed by atoms with van der Waals surface area (Å²) >= 11 is 0. The molecule has 0 aromatic rings. The highest BCUT2D eigenvalue weighted by molar-refractivity contribution is 5.82. The fourth-order valence-electron chi connectivity index (χ4n) is 2.40. The van der Waals surface area contributed by atoms with Crippen LogP contribution in [-0.2, 0) is 9.59 Å². The van der Waals surface area contributed by atoms with E-state index in [1.54, 1.807) is 0 Å². The second-order valence-electron chi connectivity index (χ2n) is 6.12. The van der Waals surface area contributed by atoms with E-state index in [4.69, 9.17) is 0 Å². The lowest BCUT2D eigenvalue weighted by Crippen LogP contribution is -2.48. The van der Waals surface area contributed by atoms with E-state index in [1.165, 1.54) is 0 Å². The summed E-state index contributed by atoms with van der Waals surface area (Å²) in [6, 6.07) is -0.203. The number of rotatable bonds is 11. The van der Waals surface area contributed by atoms with Crippen LogP contribution in [0.4, 0.5) is 0 Å². The van der Waals surface area contributed by atoms with Gasteiger partial charge < -0.3 is 10.6 Å². The first-order valence-electron chi connectivity index (χ1n) is 8.23. The van der Waals surface area contributed by atoms with Crippen LogP contribution >= 0.6 is 0 Å². The van der Waals surface area contributed by atoms with E-state index in [0.717, 1.165) is 25.7 Å². The molecule has 6 heteroatoms. The van der Waals surface area contributed by atoms with Crippen molar-refractivity contribution in [2.75, 3.05) is 41.3 Å². The zero-order valence-electron chi connectivity index (χ0n) is 15.1. The van der Waals surface area contributed by atoms with E-state index in [2.05, 4.69) is 24.5 Å². The minimum atomic E-state index is -0.102. The summed E-state index contributed by atoms with van der Waals surface area (Å²) in [5.41, 5.74) is 0. The van der Waals surface area contributed by atoms with Gasteiger partial charge in [-0.3, -0.25) is 19.4 Å². The molecule has 0 spiro atoms. The normalized spacial score (nSPS) is 14.0. The second kappa shape index (κ2) is 11.4. The smallest absolute Gasteiger partial charge is 0.237 e. The number of carbonyl (C=O) groups excluding carboxylic acids is 2. The van der Waals surface area contributed by atoms with E-state index < -0.39 is 0 Å². The van der Waals surface area contributed by atoms with Crippen molar-refractivity contribution >= 4 is 11.8 Å². The van der Waals surface area contributed by atoms with Gasteiger partial charge in [0.1, 0.15) is 0 Å². The Morgan fingerprint density at radius 2 is 1.09 bits per heavy atom. The Morgan fingerprint density at radius 1 is 0.773 bits per heavy atom. The van der Waals surface area contributed by atoms with E-state index in [0.29, 0.717) is 13.1 Å². The molecule has 0 aliphatic carbocycles. The van der Waals surface area contributed by atoms with E-state index >= 15 is 0 Å². The molecule has 2 atom stereocenters. The molecule has 0 aliphatic heterocycles. The van der Waals surface area contributed by atoms with Gasteiger partial charge in [0.2, 0.25) is 11.8 Å². The lowest BCUT2D eigenvalue weighted by Gasteiger charge is -2.24. The first kappa shape index (κ1) is 20.9. The van der Waals surface area contributed by atoms with Gasteiger partial charge in [-0.2, -0.15) is 0 Å². The highest BCUT2D eigenvalue weighted by Crippen LogP contribution is 2.03. The maximum atomic E-state index is 12.1. The SMILES string of the molecule is CCC[C@H](C(=O)NCCNC(=O)[C@@H](CCC)N(C)C)N(C)C. The second-order valence-corrected chi connectivity index (χ2v) is 6.12. The van der Waals surface area contributed by atoms with Crippen molar-refractivity contribution in [3.05, 3.63) is 0 Å². The summed E-state index contributed by atoms with van der Waals surface area (Å²) < 4.78 is 0. The van der Waals surface area contributed by atoms with Crippen molar-refractivity contribution in [2.45, 2.75) is 51.6 Å². The van der Waals surface area contributed by atoms with Crippen molar-refractivity contribution in [3.63, 3.8) is 0 Å². The molecule has 0 radical (unpaired) electrons. The van der Waals surface area contributed by atoms with Crippen molar-refractivity contribution in [2.24, 2.45) is 0 Å². The molecule has 0 saturated carbocycles. The molecule has 2 N–H and O–H groups in total. The van der Waals surface area contributed by atoms with Gasteiger partial charge >= 0.3 is 0 Å². The first-order valence-corrected chi connectivity index (χ1v) is 8.23. The Bertz CT molecular complexity index is 300. The Labute approximate surface area is 135 Å². The zero-order valence-corrected chi connectivity index (χ0v) is 15.1. The Hall–Kier alpha value is -1.14. The average molecular weight is 314 g/mol. The molecule has 0 saturated heterocycles. The largest absolute Gasteiger partial charge is 0.353 e. The van der Waals surface area contributed by atoms with Gasteiger partial charge in [-0.1, -0.05) is 26.7 Å². The number of nitrogens with zero attached hydrogens (tertiary/aromatic N) is 2. The molecule has 0 rings (SSSR count). The van der Waals surface area contributed by atoms with E-state index in [1.807, 2.05) is 38.0 Å². The fraction of sp³-hybridized carbons (Fsp3) is 0.875. The first-order chi connectivity index (χ1) is 10.3. The third-order valence-electron chi connectivity index (χ3n) is 3.70. The van der Waals surface area contributed by atoms with Gasteiger partial charge in [0.25, 0.3) is 0 Å². The third-order valence-corrected chi connectivity index (χ3v) is 3.70. The van der Waals surface area contributed by atoms with Crippen LogP contribution < -0.4 is 10.6 Å². The Morgan fingerprint density at radius 3 is 1.32 bits per heavy atom. The van der Waals surface area contributed by atoms with Crippen LogP contribution in [0.5, 0.6) is 0 Å². The van der Waals surface area contributed by atoms with Gasteiger partial charge in [0, 0.05) is 13.1 Å². The quantitative estimate of drug-likeness (QED) is 0.551. The summed E-state index contributed by atoms with van der Waals surface area (Å²) in [5.74, 6) is 0.0534. The average Bonchev–Trinajstić information content (AvgIpc) is 2.45. The zero-order chi connectivity index (χ0) is 17.1. The molecule has 0 unspecified atom stereocenters. The maximum Gasteiger partial charge on any atom is 0.237 e. The molecular formula is C16H34N4O2. The van der Waals surface area contributed by atoms with Crippen LogP contribution in [0.3, 0.4) is 0 Å². The number of amides is 2. The summed E-state index contributed by atoms with van der Waals surface area (Å²) in [4.78, 5) is 28.0. The van der Waals surface area contributed by atoms with E-state index in [-0.39, 0.29) is 23.9 Å². The van der Waals surface area contributed by atoms with Gasteiger partial charge in [0.05, 0.1) is 12.1 Å². The third kappa shape index (κ3) is 7.75. The minimum Gasteiger partial charge on any atom is -0.353 e. The predicted molar refractivity (Wildman–Crippen MR) is 90.8 cm³/mol. The van der Waals surface area contributed by atoms with Crippen LogP contribution in [0, 0.1) is 0 Å². The molecule has 0 aliphatic rings. The monoisotopic (exact) mass is 314 g/mol. The Kier molecular flexibility index (Phi) is 10.8. The minimum absolute atomic E-state index is 0.0267.